The molecule has 0 radical (unpaired) electrons. The predicted octanol–water partition coefficient (Wildman–Crippen LogP) is 1.50. The number of nitrogens with one attached hydrogen (secondary N) is 1. The first-order valence-electron chi connectivity index (χ1n) is 7.40. The van der Waals surface area contributed by atoms with Gasteiger partial charge in [0.1, 0.15) is 0 Å². The van der Waals surface area contributed by atoms with Crippen LogP contribution >= 0.6 is 0 Å². The summed E-state index contributed by atoms with van der Waals surface area (Å²) in [7, 11) is 0. The van der Waals surface area contributed by atoms with Crippen molar-refractivity contribution >= 4 is 30.1 Å². The van der Waals surface area contributed by atoms with Crippen molar-refractivity contribution in [2.24, 2.45) is 5.92 Å². The molecule has 7 heteroatoms. The Kier molecular flexibility index (Phi) is 7.20. The van der Waals surface area contributed by atoms with Gasteiger partial charge in [0.05, 0.1) is 0 Å². The molecule has 124 valence electrons. The van der Waals surface area contributed by atoms with E-state index in [9.17, 15) is 13.6 Å². The van der Waals surface area contributed by atoms with E-state index in [2.05, 4.69) is 12.2 Å². The van der Waals surface area contributed by atoms with Crippen molar-refractivity contribution in [2.45, 2.75) is 46.0 Å². The molecule has 1 aliphatic carbocycles. The third-order valence-electron chi connectivity index (χ3n) is 3.66. The van der Waals surface area contributed by atoms with Crippen LogP contribution < -0.4 is 9.67 Å². The van der Waals surface area contributed by atoms with Gasteiger partial charge in [0.2, 0.25) is 0 Å². The first-order chi connectivity index (χ1) is 10.2. The minimum absolute atomic E-state index is 0.285. The molecule has 4 N–H and O–H groups in total. The van der Waals surface area contributed by atoms with Gasteiger partial charge in [-0.05, 0) is 5.92 Å². The molecular formula is C15H24AsNO5. The molecule has 0 atom stereocenters. The van der Waals surface area contributed by atoms with E-state index in [-0.39, 0.29) is 11.6 Å². The SMILES string of the molecule is CC(=O)Nc1ccc([As](=O)(O)O)c(O)c1.CCC1CCCC1. The number of phenolic OH excluding ortho intramolecular Hbond substituents is 1. The molecule has 1 fully saturated rings. The normalized spacial score (nSPS) is 15.1. The van der Waals surface area contributed by atoms with E-state index in [1.54, 1.807) is 0 Å². The Morgan fingerprint density at radius 1 is 1.32 bits per heavy atom. The van der Waals surface area contributed by atoms with Crippen LogP contribution in [0.3, 0.4) is 0 Å². The Balaban J connectivity index is 0.000000287. The fourth-order valence-corrected chi connectivity index (χ4v) is 3.79. The number of hydrogen-bond donors (Lipinski definition) is 4. The third kappa shape index (κ3) is 6.26. The Labute approximate surface area is 133 Å². The minimum Gasteiger partial charge on any atom is -0.0651 e. The summed E-state index contributed by atoms with van der Waals surface area (Å²) in [5.41, 5.74) is 0.285. The number of carbonyl (C=O) groups is 1. The zero-order valence-corrected chi connectivity index (χ0v) is 14.8. The summed E-state index contributed by atoms with van der Waals surface area (Å²) >= 11 is -5.09. The summed E-state index contributed by atoms with van der Waals surface area (Å²) in [5.74, 6) is 0.248. The van der Waals surface area contributed by atoms with Crippen LogP contribution in [0, 0.1) is 5.92 Å². The topological polar surface area (TPSA) is 107 Å². The minimum atomic E-state index is -5.09. The average molecular weight is 373 g/mol. The third-order valence-corrected chi connectivity index (χ3v) is 5.77. The van der Waals surface area contributed by atoms with E-state index in [4.69, 9.17) is 8.19 Å². The number of phenols is 1. The van der Waals surface area contributed by atoms with Crippen LogP contribution in [0.1, 0.15) is 46.0 Å². The van der Waals surface area contributed by atoms with Gasteiger partial charge < -0.3 is 0 Å². The molecule has 1 amide bonds. The maximum absolute atomic E-state index is 10.9. The quantitative estimate of drug-likeness (QED) is 0.601. The van der Waals surface area contributed by atoms with Crippen LogP contribution in [-0.2, 0) is 8.53 Å². The molecule has 6 nitrogen and oxygen atoms in total. The number of anilines is 1. The Hall–Kier alpha value is -1.23. The molecule has 1 aliphatic rings. The van der Waals surface area contributed by atoms with Crippen LogP contribution in [0.15, 0.2) is 18.2 Å². The van der Waals surface area contributed by atoms with Crippen LogP contribution in [0.4, 0.5) is 5.69 Å². The van der Waals surface area contributed by atoms with Crippen molar-refractivity contribution in [1.29, 1.82) is 0 Å². The largest absolute Gasteiger partial charge is 0.0651 e. The number of hydrogen-bond acceptors (Lipinski definition) is 3. The molecule has 2 rings (SSSR count). The van der Waals surface area contributed by atoms with Crippen LogP contribution in [0.2, 0.25) is 0 Å². The van der Waals surface area contributed by atoms with Crippen molar-refractivity contribution < 1.29 is 21.8 Å². The van der Waals surface area contributed by atoms with Gasteiger partial charge in [0.25, 0.3) is 0 Å². The van der Waals surface area contributed by atoms with Crippen molar-refractivity contribution in [3.05, 3.63) is 18.2 Å². The number of carbonyl (C=O) groups excluding carboxylic acids is 1. The van der Waals surface area contributed by atoms with Crippen molar-refractivity contribution in [2.75, 3.05) is 5.32 Å². The van der Waals surface area contributed by atoms with Gasteiger partial charge in [-0.25, -0.2) is 0 Å². The second kappa shape index (κ2) is 8.41. The van der Waals surface area contributed by atoms with Gasteiger partial charge in [-0.3, -0.25) is 0 Å². The van der Waals surface area contributed by atoms with E-state index >= 15 is 0 Å². The van der Waals surface area contributed by atoms with E-state index in [0.717, 1.165) is 18.1 Å². The van der Waals surface area contributed by atoms with Gasteiger partial charge in [-0.1, -0.05) is 39.0 Å². The average Bonchev–Trinajstić information content (AvgIpc) is 2.90. The molecule has 0 aromatic heterocycles. The molecule has 1 aromatic carbocycles. The molecule has 0 spiro atoms. The van der Waals surface area contributed by atoms with E-state index in [1.165, 1.54) is 45.1 Å². The van der Waals surface area contributed by atoms with Crippen molar-refractivity contribution in [3.8, 4) is 5.75 Å². The summed E-state index contributed by atoms with van der Waals surface area (Å²) < 4.78 is 28.2. The molecule has 0 saturated heterocycles. The second-order valence-electron chi connectivity index (χ2n) is 5.49. The number of rotatable bonds is 3. The predicted molar refractivity (Wildman–Crippen MR) is 85.2 cm³/mol. The molecule has 22 heavy (non-hydrogen) atoms. The smallest absolute Gasteiger partial charge is 0.0417 e. The van der Waals surface area contributed by atoms with Crippen molar-refractivity contribution in [3.63, 3.8) is 0 Å². The number of benzene rings is 1. The first kappa shape index (κ1) is 18.8. The Bertz CT molecular complexity index is 549. The second-order valence-corrected chi connectivity index (χ2v) is 8.78. The van der Waals surface area contributed by atoms with Crippen molar-refractivity contribution in [1.82, 2.24) is 0 Å². The zero-order valence-electron chi connectivity index (χ0n) is 13.0. The van der Waals surface area contributed by atoms with E-state index < -0.39 is 24.3 Å². The monoisotopic (exact) mass is 373 g/mol. The molecule has 1 saturated carbocycles. The molecule has 0 unspecified atom stereocenters. The maximum Gasteiger partial charge on any atom is -0.0417 e. The summed E-state index contributed by atoms with van der Waals surface area (Å²) in [4.78, 5) is 10.7. The van der Waals surface area contributed by atoms with E-state index in [0.29, 0.717) is 0 Å². The molecule has 0 heterocycles. The zero-order chi connectivity index (χ0) is 16.8. The fourth-order valence-electron chi connectivity index (χ4n) is 2.47. The van der Waals surface area contributed by atoms with Gasteiger partial charge in [-0.2, -0.15) is 0 Å². The molecule has 0 bridgehead atoms. The van der Waals surface area contributed by atoms with E-state index in [1.807, 2.05) is 0 Å². The summed E-state index contributed by atoms with van der Waals surface area (Å²) in [6, 6.07) is 3.51. The van der Waals surface area contributed by atoms with Gasteiger partial charge in [0.15, 0.2) is 0 Å². The summed E-state index contributed by atoms with van der Waals surface area (Å²) in [6.45, 7) is 3.59. The van der Waals surface area contributed by atoms with Gasteiger partial charge in [0, 0.05) is 0 Å². The summed E-state index contributed by atoms with van der Waals surface area (Å²) in [6.07, 6.45) is 7.43. The van der Waals surface area contributed by atoms with Gasteiger partial charge in [-0.15, -0.1) is 0 Å². The Morgan fingerprint density at radius 3 is 2.27 bits per heavy atom. The van der Waals surface area contributed by atoms with Gasteiger partial charge >= 0.3 is 88.1 Å². The van der Waals surface area contributed by atoms with Crippen LogP contribution in [0.25, 0.3) is 0 Å². The first-order valence-corrected chi connectivity index (χ1v) is 10.8. The molecule has 0 aliphatic heterocycles. The number of aromatic hydroxyl groups is 1. The Morgan fingerprint density at radius 2 is 1.91 bits per heavy atom. The number of amides is 1. The fraction of sp³-hybridized carbons (Fsp3) is 0.533. The standard InChI is InChI=1S/C8H10AsNO5.C7H14/c1-5(11)10-6-2-3-7(8(12)4-6)9(13,14)15;1-2-7-5-3-4-6-7/h2-4,12H,1H3,(H,10,11)(H2,13,14,15);7H,2-6H2,1H3. The molecule has 1 aromatic rings. The summed E-state index contributed by atoms with van der Waals surface area (Å²) in [5, 5.41) is 11.7. The van der Waals surface area contributed by atoms with Crippen LogP contribution in [-0.4, -0.2) is 33.4 Å². The van der Waals surface area contributed by atoms with Crippen LogP contribution in [0.5, 0.6) is 5.75 Å². The maximum atomic E-state index is 10.9. The molecular weight excluding hydrogens is 349 g/mol.